The second-order valence-corrected chi connectivity index (χ2v) is 6.29. The fourth-order valence-corrected chi connectivity index (χ4v) is 2.95. The number of ether oxygens (including phenoxy) is 1. The fraction of sp³-hybridized carbons (Fsp3) is 0. The number of hydrogen-bond acceptors (Lipinski definition) is 4. The molecular formula is C19H13Cl2N3O3. The van der Waals surface area contributed by atoms with Gasteiger partial charge in [-0.1, -0.05) is 53.5 Å². The van der Waals surface area contributed by atoms with Gasteiger partial charge in [0.15, 0.2) is 0 Å². The van der Waals surface area contributed by atoms with E-state index in [1.807, 2.05) is 24.3 Å². The number of carbonyl (C=O) groups is 2. The van der Waals surface area contributed by atoms with Gasteiger partial charge in [-0.25, -0.2) is 15.0 Å². The number of primary amides is 1. The minimum Gasteiger partial charge on any atom is -0.422 e. The van der Waals surface area contributed by atoms with E-state index in [0.717, 1.165) is 10.8 Å². The predicted molar refractivity (Wildman–Crippen MR) is 106 cm³/mol. The lowest BCUT2D eigenvalue weighted by Gasteiger charge is -2.11. The van der Waals surface area contributed by atoms with E-state index in [9.17, 15) is 9.59 Å². The summed E-state index contributed by atoms with van der Waals surface area (Å²) < 4.78 is 5.52. The van der Waals surface area contributed by atoms with E-state index in [1.54, 1.807) is 18.2 Å². The van der Waals surface area contributed by atoms with Crippen LogP contribution >= 0.6 is 23.2 Å². The van der Waals surface area contributed by atoms with Crippen molar-refractivity contribution in [2.45, 2.75) is 0 Å². The summed E-state index contributed by atoms with van der Waals surface area (Å²) in [6, 6.07) is 14.6. The smallest absolute Gasteiger partial charge is 0.345 e. The Bertz CT molecular complexity index is 1070. The predicted octanol–water partition coefficient (Wildman–Crippen LogP) is 4.37. The summed E-state index contributed by atoms with van der Waals surface area (Å²) in [5, 5.41) is 6.05. The second kappa shape index (κ2) is 8.07. The Morgan fingerprint density at radius 2 is 1.85 bits per heavy atom. The molecule has 3 aromatic carbocycles. The van der Waals surface area contributed by atoms with E-state index in [-0.39, 0.29) is 16.3 Å². The molecule has 0 fully saturated rings. The lowest BCUT2D eigenvalue weighted by Crippen LogP contribution is -2.24. The monoisotopic (exact) mass is 401 g/mol. The summed E-state index contributed by atoms with van der Waals surface area (Å²) >= 11 is 11.9. The highest BCUT2D eigenvalue weighted by atomic mass is 35.5. The number of rotatable bonds is 4. The fourth-order valence-electron chi connectivity index (χ4n) is 2.47. The quantitative estimate of drug-likeness (QED) is 0.294. The van der Waals surface area contributed by atoms with Gasteiger partial charge in [0.05, 0.1) is 16.8 Å². The highest BCUT2D eigenvalue weighted by molar-refractivity contribution is 6.36. The Morgan fingerprint density at radius 1 is 1.07 bits per heavy atom. The van der Waals surface area contributed by atoms with Crippen molar-refractivity contribution in [3.05, 3.63) is 75.8 Å². The minimum absolute atomic E-state index is 0.173. The topological polar surface area (TPSA) is 93.8 Å². The molecule has 6 nitrogen and oxygen atoms in total. The number of urea groups is 1. The van der Waals surface area contributed by atoms with Crippen LogP contribution in [-0.2, 0) is 0 Å². The van der Waals surface area contributed by atoms with Crippen molar-refractivity contribution in [1.82, 2.24) is 5.43 Å². The van der Waals surface area contributed by atoms with Crippen molar-refractivity contribution >= 4 is 52.2 Å². The van der Waals surface area contributed by atoms with Gasteiger partial charge in [-0.3, -0.25) is 0 Å². The van der Waals surface area contributed by atoms with E-state index in [4.69, 9.17) is 33.7 Å². The van der Waals surface area contributed by atoms with Crippen molar-refractivity contribution in [2.75, 3.05) is 0 Å². The number of amides is 2. The van der Waals surface area contributed by atoms with Crippen LogP contribution in [0.4, 0.5) is 4.79 Å². The van der Waals surface area contributed by atoms with Crippen LogP contribution in [0.2, 0.25) is 10.0 Å². The van der Waals surface area contributed by atoms with Gasteiger partial charge >= 0.3 is 12.0 Å². The Balaban J connectivity index is 2.01. The molecule has 0 atom stereocenters. The van der Waals surface area contributed by atoms with Crippen LogP contribution < -0.4 is 15.9 Å². The normalized spacial score (nSPS) is 10.9. The zero-order valence-electron chi connectivity index (χ0n) is 13.8. The maximum Gasteiger partial charge on any atom is 0.345 e. The van der Waals surface area contributed by atoms with Crippen LogP contribution in [0.1, 0.15) is 15.9 Å². The number of hydrazone groups is 1. The molecular weight excluding hydrogens is 389 g/mol. The van der Waals surface area contributed by atoms with Crippen LogP contribution in [0.15, 0.2) is 59.7 Å². The largest absolute Gasteiger partial charge is 0.422 e. The first-order chi connectivity index (χ1) is 13.0. The molecule has 0 unspecified atom stereocenters. The molecule has 3 N–H and O–H groups in total. The molecule has 0 spiro atoms. The molecule has 136 valence electrons. The summed E-state index contributed by atoms with van der Waals surface area (Å²) in [5.41, 5.74) is 7.81. The Hall–Kier alpha value is -3.09. The number of hydrogen-bond donors (Lipinski definition) is 2. The first-order valence-electron chi connectivity index (χ1n) is 7.73. The van der Waals surface area contributed by atoms with Gasteiger partial charge in [-0.15, -0.1) is 0 Å². The number of halogens is 2. The highest BCUT2D eigenvalue weighted by Crippen LogP contribution is 2.29. The Morgan fingerprint density at radius 3 is 2.59 bits per heavy atom. The number of nitrogens with two attached hydrogens (primary N) is 1. The third-order valence-corrected chi connectivity index (χ3v) is 4.20. The van der Waals surface area contributed by atoms with Gasteiger partial charge in [0.2, 0.25) is 0 Å². The third kappa shape index (κ3) is 4.36. The molecule has 2 amide bonds. The average molecular weight is 402 g/mol. The molecule has 0 radical (unpaired) electrons. The zero-order valence-corrected chi connectivity index (χ0v) is 15.3. The van der Waals surface area contributed by atoms with E-state index < -0.39 is 12.0 Å². The summed E-state index contributed by atoms with van der Waals surface area (Å²) in [6.45, 7) is 0. The summed E-state index contributed by atoms with van der Waals surface area (Å²) in [4.78, 5) is 23.4. The van der Waals surface area contributed by atoms with E-state index >= 15 is 0 Å². The molecule has 8 heteroatoms. The van der Waals surface area contributed by atoms with E-state index in [2.05, 4.69) is 10.5 Å². The number of fused-ring (bicyclic) bond motifs is 1. The molecule has 27 heavy (non-hydrogen) atoms. The molecule has 0 heterocycles. The van der Waals surface area contributed by atoms with Crippen LogP contribution in [0.5, 0.6) is 5.75 Å². The molecule has 3 aromatic rings. The lowest BCUT2D eigenvalue weighted by molar-refractivity contribution is 0.0735. The minimum atomic E-state index is -0.807. The zero-order chi connectivity index (χ0) is 19.4. The number of nitrogens with zero attached hydrogens (tertiary/aromatic N) is 1. The summed E-state index contributed by atoms with van der Waals surface area (Å²) in [6.07, 6.45) is 1.36. The van der Waals surface area contributed by atoms with E-state index in [0.29, 0.717) is 10.6 Å². The lowest BCUT2D eigenvalue weighted by atomic mass is 10.0. The van der Waals surface area contributed by atoms with Crippen molar-refractivity contribution in [3.8, 4) is 5.75 Å². The van der Waals surface area contributed by atoms with Gasteiger partial charge in [-0.2, -0.15) is 5.10 Å². The van der Waals surface area contributed by atoms with Crippen molar-refractivity contribution in [2.24, 2.45) is 10.8 Å². The van der Waals surface area contributed by atoms with Gasteiger partial charge in [0.1, 0.15) is 5.75 Å². The summed E-state index contributed by atoms with van der Waals surface area (Å²) in [7, 11) is 0. The molecule has 0 aliphatic heterocycles. The molecule has 0 saturated heterocycles. The molecule has 0 bridgehead atoms. The summed E-state index contributed by atoms with van der Waals surface area (Å²) in [5.74, 6) is -0.399. The first-order valence-corrected chi connectivity index (χ1v) is 8.49. The van der Waals surface area contributed by atoms with Gasteiger partial charge in [-0.05, 0) is 35.0 Å². The molecule has 3 rings (SSSR count). The number of nitrogens with one attached hydrogen (secondary N) is 1. The molecule has 0 aliphatic rings. The number of esters is 1. The van der Waals surface area contributed by atoms with Crippen molar-refractivity contribution in [3.63, 3.8) is 0 Å². The average Bonchev–Trinajstić information content (AvgIpc) is 2.62. The van der Waals surface area contributed by atoms with E-state index in [1.165, 1.54) is 18.3 Å². The SMILES string of the molecule is NC(=O)NN=Cc1c(OC(=O)c2ccc(Cl)cc2Cl)ccc2ccccc12. The van der Waals surface area contributed by atoms with Crippen LogP contribution in [0.3, 0.4) is 0 Å². The molecule has 0 aliphatic carbocycles. The first kappa shape index (κ1) is 18.7. The maximum atomic E-state index is 12.5. The molecule has 0 saturated carbocycles. The standard InChI is InChI=1S/C19H13Cl2N3O3/c20-12-6-7-14(16(21)9-12)18(25)27-17-8-5-11-3-1-2-4-13(11)15(17)10-23-24-19(22)26/h1-10H,(H3,22,24,26). The third-order valence-electron chi connectivity index (χ3n) is 3.65. The molecule has 0 aromatic heterocycles. The van der Waals surface area contributed by atoms with Crippen LogP contribution in [0, 0.1) is 0 Å². The number of carbonyl (C=O) groups excluding carboxylic acids is 2. The maximum absolute atomic E-state index is 12.5. The Labute approximate surface area is 164 Å². The Kier molecular flexibility index (Phi) is 5.59. The van der Waals surface area contributed by atoms with Crippen LogP contribution in [0.25, 0.3) is 10.8 Å². The van der Waals surface area contributed by atoms with Gasteiger partial charge in [0, 0.05) is 10.6 Å². The van der Waals surface area contributed by atoms with Gasteiger partial charge in [0.25, 0.3) is 0 Å². The highest BCUT2D eigenvalue weighted by Gasteiger charge is 2.16. The van der Waals surface area contributed by atoms with Crippen LogP contribution in [-0.4, -0.2) is 18.2 Å². The van der Waals surface area contributed by atoms with Gasteiger partial charge < -0.3 is 10.5 Å². The second-order valence-electron chi connectivity index (χ2n) is 5.45. The van der Waals surface area contributed by atoms with Crippen molar-refractivity contribution < 1.29 is 14.3 Å². The number of benzene rings is 3. The van der Waals surface area contributed by atoms with Crippen molar-refractivity contribution in [1.29, 1.82) is 0 Å².